The van der Waals surface area contributed by atoms with Crippen molar-refractivity contribution in [3.05, 3.63) is 35.4 Å². The summed E-state index contributed by atoms with van der Waals surface area (Å²) in [6.07, 6.45) is 7.11. The summed E-state index contributed by atoms with van der Waals surface area (Å²) in [4.78, 5) is 50.1. The van der Waals surface area contributed by atoms with Crippen molar-refractivity contribution in [3.63, 3.8) is 0 Å². The molecule has 136 valence electrons. The van der Waals surface area contributed by atoms with Crippen LogP contribution in [0.5, 0.6) is 0 Å². The van der Waals surface area contributed by atoms with Gasteiger partial charge < -0.3 is 10.1 Å². The van der Waals surface area contributed by atoms with E-state index in [1.54, 1.807) is 24.3 Å². The summed E-state index contributed by atoms with van der Waals surface area (Å²) >= 11 is 1.47. The largest absolute Gasteiger partial charge is 0.454 e. The van der Waals surface area contributed by atoms with Crippen molar-refractivity contribution in [2.24, 2.45) is 0 Å². The number of imide groups is 1. The predicted octanol–water partition coefficient (Wildman–Crippen LogP) is 0.697. The number of amides is 3. The molecule has 1 atom stereocenters. The Kier molecular flexibility index (Phi) is 6.81. The van der Waals surface area contributed by atoms with Gasteiger partial charge in [-0.15, -0.1) is 6.42 Å². The first-order valence-electron chi connectivity index (χ1n) is 7.84. The summed E-state index contributed by atoms with van der Waals surface area (Å²) in [7, 11) is 0. The molecule has 0 unspecified atom stereocenters. The number of carbonyl (C=O) groups is 4. The van der Waals surface area contributed by atoms with Gasteiger partial charge in [0.15, 0.2) is 6.61 Å². The predicted molar refractivity (Wildman–Crippen MR) is 96.5 cm³/mol. The van der Waals surface area contributed by atoms with Crippen molar-refractivity contribution in [2.45, 2.75) is 12.5 Å². The highest BCUT2D eigenvalue weighted by Crippen LogP contribution is 2.26. The van der Waals surface area contributed by atoms with Gasteiger partial charge in [0.25, 0.3) is 17.7 Å². The Bertz CT molecular complexity index is 736. The lowest BCUT2D eigenvalue weighted by Crippen LogP contribution is -2.46. The van der Waals surface area contributed by atoms with E-state index in [0.717, 1.165) is 4.90 Å². The molecule has 0 aromatic heterocycles. The van der Waals surface area contributed by atoms with E-state index < -0.39 is 36.3 Å². The Morgan fingerprint density at radius 1 is 1.27 bits per heavy atom. The molecule has 0 bridgehead atoms. The molecule has 1 aliphatic rings. The summed E-state index contributed by atoms with van der Waals surface area (Å²) in [5.41, 5.74) is 0.512. The summed E-state index contributed by atoms with van der Waals surface area (Å²) in [6.45, 7) is -0.510. The SMILES string of the molecule is C#CCNC(=O)COC(=O)[C@@H](CCSC)N1C(=O)c2ccccc2C1=O. The summed E-state index contributed by atoms with van der Waals surface area (Å²) in [5.74, 6) is 0.341. The molecule has 0 saturated heterocycles. The molecule has 7 nitrogen and oxygen atoms in total. The molecule has 1 heterocycles. The topological polar surface area (TPSA) is 92.8 Å². The second kappa shape index (κ2) is 9.06. The molecular weight excluding hydrogens is 356 g/mol. The highest BCUT2D eigenvalue weighted by Gasteiger charge is 2.43. The van der Waals surface area contributed by atoms with E-state index in [9.17, 15) is 19.2 Å². The molecule has 0 spiro atoms. The van der Waals surface area contributed by atoms with Crippen LogP contribution in [0, 0.1) is 12.3 Å². The standard InChI is InChI=1S/C18H18N2O5S/c1-3-9-19-15(21)11-25-18(24)14(8-10-26-2)20-16(22)12-6-4-5-7-13(12)17(20)23/h1,4-7,14H,8-11H2,2H3,(H,19,21)/t14-/m1/s1. The number of nitrogens with one attached hydrogen (secondary N) is 1. The average molecular weight is 374 g/mol. The van der Waals surface area contributed by atoms with Crippen LogP contribution in [0.1, 0.15) is 27.1 Å². The van der Waals surface area contributed by atoms with Gasteiger partial charge in [-0.3, -0.25) is 19.3 Å². The van der Waals surface area contributed by atoms with Crippen molar-refractivity contribution >= 4 is 35.5 Å². The second-order valence-electron chi connectivity index (χ2n) is 5.41. The maximum atomic E-state index is 12.6. The zero-order valence-electron chi connectivity index (χ0n) is 14.2. The molecule has 1 aliphatic heterocycles. The van der Waals surface area contributed by atoms with Crippen LogP contribution in [-0.2, 0) is 14.3 Å². The van der Waals surface area contributed by atoms with E-state index in [1.165, 1.54) is 11.8 Å². The van der Waals surface area contributed by atoms with Crippen molar-refractivity contribution < 1.29 is 23.9 Å². The molecule has 3 amide bonds. The molecule has 0 aliphatic carbocycles. The van der Waals surface area contributed by atoms with Gasteiger partial charge in [-0.05, 0) is 30.6 Å². The van der Waals surface area contributed by atoms with E-state index in [2.05, 4.69) is 11.2 Å². The molecule has 26 heavy (non-hydrogen) atoms. The molecule has 0 saturated carbocycles. The van der Waals surface area contributed by atoms with Gasteiger partial charge in [-0.25, -0.2) is 4.79 Å². The summed E-state index contributed by atoms with van der Waals surface area (Å²) in [6, 6.07) is 5.30. The van der Waals surface area contributed by atoms with Gasteiger partial charge in [-0.2, -0.15) is 11.8 Å². The molecular formula is C18H18N2O5S. The first-order valence-corrected chi connectivity index (χ1v) is 9.23. The molecule has 1 aromatic carbocycles. The van der Waals surface area contributed by atoms with Crippen LogP contribution in [-0.4, -0.2) is 59.8 Å². The number of benzene rings is 1. The number of terminal acetylenes is 1. The summed E-state index contributed by atoms with van der Waals surface area (Å²) < 4.78 is 4.99. The maximum absolute atomic E-state index is 12.6. The minimum absolute atomic E-state index is 0.0185. The first-order chi connectivity index (χ1) is 12.5. The van der Waals surface area contributed by atoms with Gasteiger partial charge in [0.1, 0.15) is 6.04 Å². The lowest BCUT2D eigenvalue weighted by atomic mass is 10.1. The van der Waals surface area contributed by atoms with Crippen molar-refractivity contribution in [2.75, 3.05) is 25.2 Å². The van der Waals surface area contributed by atoms with Gasteiger partial charge in [0, 0.05) is 0 Å². The lowest BCUT2D eigenvalue weighted by Gasteiger charge is -2.24. The molecule has 1 aromatic rings. The van der Waals surface area contributed by atoms with E-state index in [0.29, 0.717) is 5.75 Å². The molecule has 2 rings (SSSR count). The Labute approximate surface area is 155 Å². The third-order valence-electron chi connectivity index (χ3n) is 3.74. The average Bonchev–Trinajstić information content (AvgIpc) is 2.90. The first kappa shape index (κ1) is 19.5. The van der Waals surface area contributed by atoms with Crippen molar-refractivity contribution in [3.8, 4) is 12.3 Å². The number of carbonyl (C=O) groups excluding carboxylic acids is 4. The molecule has 0 radical (unpaired) electrons. The third kappa shape index (κ3) is 4.24. The van der Waals surface area contributed by atoms with Crippen LogP contribution in [0.15, 0.2) is 24.3 Å². The number of fused-ring (bicyclic) bond motifs is 1. The van der Waals surface area contributed by atoms with Crippen molar-refractivity contribution in [1.82, 2.24) is 10.2 Å². The van der Waals surface area contributed by atoms with Crippen LogP contribution in [0.3, 0.4) is 0 Å². The van der Waals surface area contributed by atoms with E-state index in [1.807, 2.05) is 6.26 Å². The van der Waals surface area contributed by atoms with Crippen molar-refractivity contribution in [1.29, 1.82) is 0 Å². The van der Waals surface area contributed by atoms with Gasteiger partial charge in [-0.1, -0.05) is 18.1 Å². The quantitative estimate of drug-likeness (QED) is 0.409. The highest BCUT2D eigenvalue weighted by molar-refractivity contribution is 7.98. The van der Waals surface area contributed by atoms with Crippen LogP contribution >= 0.6 is 11.8 Å². The normalized spacial score (nSPS) is 13.8. The number of rotatable bonds is 8. The highest BCUT2D eigenvalue weighted by atomic mass is 32.2. The Morgan fingerprint density at radius 3 is 2.42 bits per heavy atom. The van der Waals surface area contributed by atoms with Gasteiger partial charge in [0.2, 0.25) is 0 Å². The van der Waals surface area contributed by atoms with Crippen LogP contribution in [0.25, 0.3) is 0 Å². The molecule has 0 fully saturated rings. The number of nitrogens with zero attached hydrogens (tertiary/aromatic N) is 1. The number of thioether (sulfide) groups is 1. The van der Waals surface area contributed by atoms with Crippen LogP contribution in [0.2, 0.25) is 0 Å². The molecule has 1 N–H and O–H groups in total. The number of hydrogen-bond donors (Lipinski definition) is 1. The van der Waals surface area contributed by atoms with Crippen LogP contribution in [0.4, 0.5) is 0 Å². The van der Waals surface area contributed by atoms with Gasteiger partial charge >= 0.3 is 5.97 Å². The van der Waals surface area contributed by atoms with Gasteiger partial charge in [0.05, 0.1) is 17.7 Å². The van der Waals surface area contributed by atoms with E-state index in [4.69, 9.17) is 11.2 Å². The fraction of sp³-hybridized carbons (Fsp3) is 0.333. The zero-order chi connectivity index (χ0) is 19.1. The molecule has 8 heteroatoms. The lowest BCUT2D eigenvalue weighted by molar-refractivity contribution is -0.152. The number of hydrogen-bond acceptors (Lipinski definition) is 6. The summed E-state index contributed by atoms with van der Waals surface area (Å²) in [5, 5.41) is 2.37. The van der Waals surface area contributed by atoms with E-state index >= 15 is 0 Å². The second-order valence-corrected chi connectivity index (χ2v) is 6.40. The Hall–Kier alpha value is -2.79. The number of esters is 1. The number of ether oxygens (including phenoxy) is 1. The minimum Gasteiger partial charge on any atom is -0.454 e. The maximum Gasteiger partial charge on any atom is 0.329 e. The fourth-order valence-corrected chi connectivity index (χ4v) is 2.97. The van der Waals surface area contributed by atoms with E-state index in [-0.39, 0.29) is 24.1 Å². The minimum atomic E-state index is -1.09. The smallest absolute Gasteiger partial charge is 0.329 e. The fourth-order valence-electron chi connectivity index (χ4n) is 2.51. The zero-order valence-corrected chi connectivity index (χ0v) is 15.0. The third-order valence-corrected chi connectivity index (χ3v) is 4.38. The Balaban J connectivity index is 2.14. The monoisotopic (exact) mass is 374 g/mol. The van der Waals surface area contributed by atoms with Crippen LogP contribution < -0.4 is 5.32 Å². The Morgan fingerprint density at radius 2 is 1.88 bits per heavy atom.